The number of hydrogen-bond acceptors (Lipinski definition) is 2. The molecule has 0 aliphatic carbocycles. The Morgan fingerprint density at radius 3 is 2.50 bits per heavy atom. The molecule has 0 radical (unpaired) electrons. The first-order chi connectivity index (χ1) is 11.2. The van der Waals surface area contributed by atoms with E-state index < -0.39 is 5.82 Å². The maximum absolute atomic E-state index is 14.3. The first-order valence-corrected chi connectivity index (χ1v) is 7.93. The summed E-state index contributed by atoms with van der Waals surface area (Å²) >= 11 is 0. The second-order valence-corrected chi connectivity index (χ2v) is 7.40. The summed E-state index contributed by atoms with van der Waals surface area (Å²) < 4.78 is 17.7. The second kappa shape index (κ2) is 5.51. The van der Waals surface area contributed by atoms with Gasteiger partial charge in [-0.1, -0.05) is 39.0 Å². The Morgan fingerprint density at radius 1 is 1.12 bits per heavy atom. The third kappa shape index (κ3) is 2.70. The predicted octanol–water partition coefficient (Wildman–Crippen LogP) is 3.77. The SMILES string of the molecule is Cn1c(=O)n(CC(C)(C)C)c2ccc(-c3cccc(N)c3F)cc21. The molecule has 2 aromatic carbocycles. The van der Waals surface area contributed by atoms with E-state index in [0.29, 0.717) is 17.7 Å². The smallest absolute Gasteiger partial charge is 0.328 e. The minimum absolute atomic E-state index is 0.0171. The van der Waals surface area contributed by atoms with Crippen LogP contribution in [0.4, 0.5) is 10.1 Å². The van der Waals surface area contributed by atoms with Crippen LogP contribution in [-0.2, 0) is 13.6 Å². The molecule has 0 spiro atoms. The van der Waals surface area contributed by atoms with E-state index in [4.69, 9.17) is 5.73 Å². The van der Waals surface area contributed by atoms with Crippen molar-refractivity contribution >= 4 is 16.7 Å². The van der Waals surface area contributed by atoms with Crippen molar-refractivity contribution in [1.29, 1.82) is 0 Å². The first kappa shape index (κ1) is 16.3. The largest absolute Gasteiger partial charge is 0.396 e. The Hall–Kier alpha value is -2.56. The molecule has 3 aromatic rings. The summed E-state index contributed by atoms with van der Waals surface area (Å²) in [5.41, 5.74) is 8.48. The number of aryl methyl sites for hydroxylation is 1. The topological polar surface area (TPSA) is 53.0 Å². The molecule has 0 saturated carbocycles. The molecular formula is C19H22FN3O. The number of nitrogen functional groups attached to an aromatic ring is 1. The highest BCUT2D eigenvalue weighted by Gasteiger charge is 2.18. The van der Waals surface area contributed by atoms with Gasteiger partial charge >= 0.3 is 5.69 Å². The average Bonchev–Trinajstić information content (AvgIpc) is 2.73. The molecule has 2 N–H and O–H groups in total. The van der Waals surface area contributed by atoms with Crippen LogP contribution in [0.15, 0.2) is 41.2 Å². The lowest BCUT2D eigenvalue weighted by Crippen LogP contribution is -2.27. The molecule has 0 saturated heterocycles. The number of anilines is 1. The summed E-state index contributed by atoms with van der Waals surface area (Å²) in [6.45, 7) is 6.90. The van der Waals surface area contributed by atoms with Gasteiger partial charge in [0.05, 0.1) is 16.7 Å². The van der Waals surface area contributed by atoms with E-state index in [9.17, 15) is 9.18 Å². The van der Waals surface area contributed by atoms with Gasteiger partial charge in [0.15, 0.2) is 5.82 Å². The first-order valence-electron chi connectivity index (χ1n) is 7.93. The molecule has 0 bridgehead atoms. The van der Waals surface area contributed by atoms with Crippen LogP contribution in [0.3, 0.4) is 0 Å². The quantitative estimate of drug-likeness (QED) is 0.728. The Balaban J connectivity index is 2.22. The highest BCUT2D eigenvalue weighted by atomic mass is 19.1. The molecule has 3 rings (SSSR count). The Labute approximate surface area is 140 Å². The van der Waals surface area contributed by atoms with Crippen molar-refractivity contribution in [3.05, 3.63) is 52.7 Å². The van der Waals surface area contributed by atoms with Gasteiger partial charge in [-0.3, -0.25) is 9.13 Å². The van der Waals surface area contributed by atoms with Crippen LogP contribution in [0.1, 0.15) is 20.8 Å². The predicted molar refractivity (Wildman–Crippen MR) is 96.4 cm³/mol. The number of nitrogens with two attached hydrogens (primary N) is 1. The van der Waals surface area contributed by atoms with Crippen LogP contribution in [0, 0.1) is 11.2 Å². The molecule has 5 heteroatoms. The number of hydrogen-bond donors (Lipinski definition) is 1. The molecule has 0 unspecified atom stereocenters. The van der Waals surface area contributed by atoms with Gasteiger partial charge in [0.2, 0.25) is 0 Å². The maximum atomic E-state index is 14.3. The third-order valence-electron chi connectivity index (χ3n) is 4.12. The van der Waals surface area contributed by atoms with Crippen LogP contribution in [0.25, 0.3) is 22.2 Å². The molecule has 0 amide bonds. The van der Waals surface area contributed by atoms with E-state index in [0.717, 1.165) is 11.0 Å². The van der Waals surface area contributed by atoms with Crippen molar-refractivity contribution in [2.45, 2.75) is 27.3 Å². The lowest BCUT2D eigenvalue weighted by Gasteiger charge is -2.18. The summed E-state index contributed by atoms with van der Waals surface area (Å²) in [5, 5.41) is 0. The number of imidazole rings is 1. The highest BCUT2D eigenvalue weighted by Crippen LogP contribution is 2.29. The number of benzene rings is 2. The number of aromatic nitrogens is 2. The monoisotopic (exact) mass is 327 g/mol. The molecule has 0 atom stereocenters. The van der Waals surface area contributed by atoms with Crippen molar-refractivity contribution in [2.24, 2.45) is 12.5 Å². The summed E-state index contributed by atoms with van der Waals surface area (Å²) in [6, 6.07) is 10.5. The molecular weight excluding hydrogens is 305 g/mol. The molecule has 1 aromatic heterocycles. The summed E-state index contributed by atoms with van der Waals surface area (Å²) in [4.78, 5) is 12.6. The van der Waals surface area contributed by atoms with Gasteiger partial charge in [0.1, 0.15) is 0 Å². The normalized spacial score (nSPS) is 12.0. The number of halogens is 1. The van der Waals surface area contributed by atoms with Crippen LogP contribution in [-0.4, -0.2) is 9.13 Å². The fraction of sp³-hybridized carbons (Fsp3) is 0.316. The van der Waals surface area contributed by atoms with Gasteiger partial charge in [-0.05, 0) is 29.2 Å². The highest BCUT2D eigenvalue weighted by molar-refractivity contribution is 5.83. The zero-order valence-corrected chi connectivity index (χ0v) is 14.4. The van der Waals surface area contributed by atoms with E-state index in [1.54, 1.807) is 28.3 Å². The lowest BCUT2D eigenvalue weighted by molar-refractivity contribution is 0.342. The van der Waals surface area contributed by atoms with Crippen LogP contribution < -0.4 is 11.4 Å². The van der Waals surface area contributed by atoms with Gasteiger partial charge < -0.3 is 5.73 Å². The molecule has 0 aliphatic rings. The Morgan fingerprint density at radius 2 is 1.83 bits per heavy atom. The van der Waals surface area contributed by atoms with E-state index in [-0.39, 0.29) is 16.8 Å². The number of rotatable bonds is 2. The fourth-order valence-corrected chi connectivity index (χ4v) is 2.97. The zero-order chi connectivity index (χ0) is 17.6. The second-order valence-electron chi connectivity index (χ2n) is 7.40. The van der Waals surface area contributed by atoms with E-state index in [2.05, 4.69) is 20.8 Å². The Bertz CT molecular complexity index is 977. The van der Waals surface area contributed by atoms with Crippen molar-refractivity contribution in [2.75, 3.05) is 5.73 Å². The van der Waals surface area contributed by atoms with E-state index in [1.807, 2.05) is 18.2 Å². The van der Waals surface area contributed by atoms with Crippen molar-refractivity contribution in [3.8, 4) is 11.1 Å². The van der Waals surface area contributed by atoms with E-state index in [1.165, 1.54) is 6.07 Å². The fourth-order valence-electron chi connectivity index (χ4n) is 2.97. The Kier molecular flexibility index (Phi) is 3.74. The number of fused-ring (bicyclic) bond motifs is 1. The minimum atomic E-state index is -0.434. The lowest BCUT2D eigenvalue weighted by atomic mass is 9.97. The van der Waals surface area contributed by atoms with Crippen molar-refractivity contribution < 1.29 is 4.39 Å². The number of nitrogens with zero attached hydrogens (tertiary/aromatic N) is 2. The summed E-state index contributed by atoms with van der Waals surface area (Å²) in [7, 11) is 1.74. The van der Waals surface area contributed by atoms with Crippen molar-refractivity contribution in [1.82, 2.24) is 9.13 Å². The molecule has 24 heavy (non-hydrogen) atoms. The third-order valence-corrected chi connectivity index (χ3v) is 4.12. The summed E-state index contributed by atoms with van der Waals surface area (Å²) in [6.07, 6.45) is 0. The van der Waals surface area contributed by atoms with Gasteiger partial charge in [0.25, 0.3) is 0 Å². The maximum Gasteiger partial charge on any atom is 0.328 e. The molecule has 0 fully saturated rings. The van der Waals surface area contributed by atoms with Gasteiger partial charge in [0, 0.05) is 19.2 Å². The van der Waals surface area contributed by atoms with Gasteiger partial charge in [-0.2, -0.15) is 0 Å². The van der Waals surface area contributed by atoms with E-state index >= 15 is 0 Å². The standard InChI is InChI=1S/C19H22FN3O/c1-19(2,3)11-23-15-9-8-12(10-16(15)22(4)18(23)24)13-6-5-7-14(21)17(13)20/h5-10H,11,21H2,1-4H3. The van der Waals surface area contributed by atoms with Crippen LogP contribution >= 0.6 is 0 Å². The van der Waals surface area contributed by atoms with Crippen molar-refractivity contribution in [3.63, 3.8) is 0 Å². The average molecular weight is 327 g/mol. The molecule has 126 valence electrons. The van der Waals surface area contributed by atoms with Gasteiger partial charge in [-0.25, -0.2) is 9.18 Å². The molecule has 0 aliphatic heterocycles. The van der Waals surface area contributed by atoms with Crippen LogP contribution in [0.2, 0.25) is 0 Å². The summed E-state index contributed by atoms with van der Waals surface area (Å²) in [5.74, 6) is -0.434. The van der Waals surface area contributed by atoms with Crippen LogP contribution in [0.5, 0.6) is 0 Å². The zero-order valence-electron chi connectivity index (χ0n) is 14.4. The van der Waals surface area contributed by atoms with Gasteiger partial charge in [-0.15, -0.1) is 0 Å². The molecule has 1 heterocycles. The molecule has 4 nitrogen and oxygen atoms in total. The minimum Gasteiger partial charge on any atom is -0.396 e.